The molecule has 1 aromatic heterocycles. The van der Waals surface area contributed by atoms with Crippen LogP contribution in [0.2, 0.25) is 0 Å². The van der Waals surface area contributed by atoms with Crippen LogP contribution in [-0.4, -0.2) is 9.78 Å². The molecule has 1 heterocycles. The van der Waals surface area contributed by atoms with E-state index in [0.717, 1.165) is 44.0 Å². The SMILES string of the molecule is Brc1ccc(-n2nc(-c3ccccc3)c(-c3ccccc3)c2Nc2ccccc2)cc1. The summed E-state index contributed by atoms with van der Waals surface area (Å²) in [6.45, 7) is 0. The Morgan fingerprint density at radius 3 is 1.77 bits per heavy atom. The smallest absolute Gasteiger partial charge is 0.142 e. The fourth-order valence-electron chi connectivity index (χ4n) is 3.64. The molecule has 0 spiro atoms. The summed E-state index contributed by atoms with van der Waals surface area (Å²) in [5.74, 6) is 0.929. The molecular weight excluding hydrogens is 446 g/mol. The summed E-state index contributed by atoms with van der Waals surface area (Å²) < 4.78 is 3.02. The van der Waals surface area contributed by atoms with Crippen LogP contribution in [0.4, 0.5) is 11.5 Å². The summed E-state index contributed by atoms with van der Waals surface area (Å²) >= 11 is 3.54. The number of benzene rings is 4. The van der Waals surface area contributed by atoms with E-state index in [-0.39, 0.29) is 0 Å². The summed E-state index contributed by atoms with van der Waals surface area (Å²) in [5, 5.41) is 8.72. The number of hydrogen-bond acceptors (Lipinski definition) is 2. The lowest BCUT2D eigenvalue weighted by Crippen LogP contribution is -2.03. The molecule has 0 aliphatic heterocycles. The van der Waals surface area contributed by atoms with E-state index in [1.807, 2.05) is 59.3 Å². The normalized spacial score (nSPS) is 10.7. The summed E-state index contributed by atoms with van der Waals surface area (Å²) in [5.41, 5.74) is 6.20. The van der Waals surface area contributed by atoms with Crippen LogP contribution in [-0.2, 0) is 0 Å². The lowest BCUT2D eigenvalue weighted by Gasteiger charge is -2.13. The van der Waals surface area contributed by atoms with Crippen LogP contribution in [0.25, 0.3) is 28.1 Å². The van der Waals surface area contributed by atoms with Gasteiger partial charge in [0.1, 0.15) is 11.5 Å². The van der Waals surface area contributed by atoms with Crippen LogP contribution in [0.3, 0.4) is 0 Å². The van der Waals surface area contributed by atoms with Gasteiger partial charge < -0.3 is 5.32 Å². The Kier molecular flexibility index (Phi) is 5.38. The van der Waals surface area contributed by atoms with Crippen molar-refractivity contribution < 1.29 is 0 Å². The van der Waals surface area contributed by atoms with Crippen molar-refractivity contribution in [1.82, 2.24) is 9.78 Å². The number of rotatable bonds is 5. The number of nitrogens with one attached hydrogen (secondary N) is 1. The number of para-hydroxylation sites is 1. The van der Waals surface area contributed by atoms with Crippen molar-refractivity contribution in [2.45, 2.75) is 0 Å². The Labute approximate surface area is 190 Å². The molecule has 150 valence electrons. The Bertz CT molecular complexity index is 1280. The van der Waals surface area contributed by atoms with E-state index >= 15 is 0 Å². The molecule has 0 atom stereocenters. The topological polar surface area (TPSA) is 29.9 Å². The van der Waals surface area contributed by atoms with E-state index in [2.05, 4.69) is 81.9 Å². The van der Waals surface area contributed by atoms with Gasteiger partial charge in [0.25, 0.3) is 0 Å². The highest BCUT2D eigenvalue weighted by Crippen LogP contribution is 2.40. The molecule has 0 aliphatic carbocycles. The van der Waals surface area contributed by atoms with Gasteiger partial charge in [-0.3, -0.25) is 0 Å². The maximum absolute atomic E-state index is 5.09. The first-order valence-electron chi connectivity index (χ1n) is 10.1. The molecule has 5 rings (SSSR count). The summed E-state index contributed by atoms with van der Waals surface area (Å²) in [7, 11) is 0. The largest absolute Gasteiger partial charge is 0.340 e. The van der Waals surface area contributed by atoms with E-state index in [4.69, 9.17) is 5.10 Å². The molecule has 0 amide bonds. The highest BCUT2D eigenvalue weighted by molar-refractivity contribution is 9.10. The van der Waals surface area contributed by atoms with Crippen LogP contribution >= 0.6 is 15.9 Å². The maximum Gasteiger partial charge on any atom is 0.142 e. The van der Waals surface area contributed by atoms with Crippen LogP contribution in [0, 0.1) is 0 Å². The van der Waals surface area contributed by atoms with Gasteiger partial charge in [0.2, 0.25) is 0 Å². The third kappa shape index (κ3) is 4.03. The Morgan fingerprint density at radius 1 is 0.613 bits per heavy atom. The first kappa shape index (κ1) is 19.3. The minimum Gasteiger partial charge on any atom is -0.340 e. The highest BCUT2D eigenvalue weighted by atomic mass is 79.9. The average Bonchev–Trinajstić information content (AvgIpc) is 3.20. The average molecular weight is 466 g/mol. The number of halogens is 1. The molecule has 0 bridgehead atoms. The maximum atomic E-state index is 5.09. The van der Waals surface area contributed by atoms with Gasteiger partial charge in [-0.1, -0.05) is 94.8 Å². The number of nitrogens with zero attached hydrogens (tertiary/aromatic N) is 2. The van der Waals surface area contributed by atoms with Crippen LogP contribution in [0.15, 0.2) is 120 Å². The van der Waals surface area contributed by atoms with Crippen molar-refractivity contribution in [3.05, 3.63) is 120 Å². The Balaban J connectivity index is 1.79. The quantitative estimate of drug-likeness (QED) is 0.288. The summed E-state index contributed by atoms with van der Waals surface area (Å²) in [6.07, 6.45) is 0. The van der Waals surface area contributed by atoms with Gasteiger partial charge in [0.15, 0.2) is 0 Å². The second-order valence-corrected chi connectivity index (χ2v) is 8.10. The minimum atomic E-state index is 0.929. The molecular formula is C27H20BrN3. The van der Waals surface area contributed by atoms with Crippen molar-refractivity contribution in [2.75, 3.05) is 5.32 Å². The van der Waals surface area contributed by atoms with Crippen LogP contribution in [0.1, 0.15) is 0 Å². The van der Waals surface area contributed by atoms with E-state index in [0.29, 0.717) is 0 Å². The molecule has 31 heavy (non-hydrogen) atoms. The standard InChI is InChI=1S/C27H20BrN3/c28-22-16-18-24(19-17-22)31-27(29-23-14-8-3-9-15-23)25(20-10-4-1-5-11-20)26(30-31)21-12-6-2-7-13-21/h1-19,29H. The summed E-state index contributed by atoms with van der Waals surface area (Å²) in [4.78, 5) is 0. The van der Waals surface area contributed by atoms with Gasteiger partial charge in [0, 0.05) is 15.7 Å². The number of anilines is 2. The Hall–Kier alpha value is -3.63. The molecule has 0 saturated carbocycles. The lowest BCUT2D eigenvalue weighted by molar-refractivity contribution is 0.891. The van der Waals surface area contributed by atoms with E-state index < -0.39 is 0 Å². The third-order valence-electron chi connectivity index (χ3n) is 5.10. The van der Waals surface area contributed by atoms with Crippen molar-refractivity contribution in [1.29, 1.82) is 0 Å². The first-order valence-corrected chi connectivity index (χ1v) is 10.9. The van der Waals surface area contributed by atoms with E-state index in [1.54, 1.807) is 0 Å². The molecule has 0 radical (unpaired) electrons. The first-order chi connectivity index (χ1) is 15.3. The van der Waals surface area contributed by atoms with E-state index in [1.165, 1.54) is 0 Å². The van der Waals surface area contributed by atoms with E-state index in [9.17, 15) is 0 Å². The molecule has 0 fully saturated rings. The fourth-order valence-corrected chi connectivity index (χ4v) is 3.90. The molecule has 1 N–H and O–H groups in total. The second-order valence-electron chi connectivity index (χ2n) is 7.18. The van der Waals surface area contributed by atoms with Crippen molar-refractivity contribution in [3.63, 3.8) is 0 Å². The van der Waals surface area contributed by atoms with Gasteiger partial charge in [-0.2, -0.15) is 5.10 Å². The predicted molar refractivity (Wildman–Crippen MR) is 132 cm³/mol. The zero-order valence-electron chi connectivity index (χ0n) is 16.7. The van der Waals surface area contributed by atoms with Crippen LogP contribution < -0.4 is 5.32 Å². The zero-order valence-corrected chi connectivity index (χ0v) is 18.3. The van der Waals surface area contributed by atoms with Crippen LogP contribution in [0.5, 0.6) is 0 Å². The monoisotopic (exact) mass is 465 g/mol. The van der Waals surface area contributed by atoms with Gasteiger partial charge in [-0.05, 0) is 42.0 Å². The molecule has 0 unspecified atom stereocenters. The number of hydrogen-bond donors (Lipinski definition) is 1. The third-order valence-corrected chi connectivity index (χ3v) is 5.63. The summed E-state index contributed by atoms with van der Waals surface area (Å²) in [6, 6.07) is 39.2. The number of aromatic nitrogens is 2. The van der Waals surface area contributed by atoms with Gasteiger partial charge in [0.05, 0.1) is 11.3 Å². The van der Waals surface area contributed by atoms with Gasteiger partial charge in [-0.25, -0.2) is 4.68 Å². The predicted octanol–water partition coefficient (Wildman–Crippen LogP) is 7.71. The molecule has 5 aromatic rings. The molecule has 4 heteroatoms. The van der Waals surface area contributed by atoms with Gasteiger partial charge >= 0.3 is 0 Å². The molecule has 0 aliphatic rings. The van der Waals surface area contributed by atoms with Gasteiger partial charge in [-0.15, -0.1) is 0 Å². The highest BCUT2D eigenvalue weighted by Gasteiger charge is 2.22. The molecule has 0 saturated heterocycles. The van der Waals surface area contributed by atoms with Crippen molar-refractivity contribution in [3.8, 4) is 28.1 Å². The lowest BCUT2D eigenvalue weighted by atomic mass is 10.0. The zero-order chi connectivity index (χ0) is 21.0. The molecule has 3 nitrogen and oxygen atoms in total. The molecule has 4 aromatic carbocycles. The fraction of sp³-hybridized carbons (Fsp3) is 0. The van der Waals surface area contributed by atoms with Crippen molar-refractivity contribution in [2.24, 2.45) is 0 Å². The second kappa shape index (κ2) is 8.62. The minimum absolute atomic E-state index is 0.929. The Morgan fingerprint density at radius 2 is 1.16 bits per heavy atom. The van der Waals surface area contributed by atoms with Crippen molar-refractivity contribution >= 4 is 27.4 Å².